The van der Waals surface area contributed by atoms with Gasteiger partial charge in [-0.05, 0) is 36.4 Å². The fourth-order valence-electron chi connectivity index (χ4n) is 3.96. The summed E-state index contributed by atoms with van der Waals surface area (Å²) in [5.74, 6) is -0.488. The number of benzene rings is 1. The Kier molecular flexibility index (Phi) is 5.14. The molecule has 32 heavy (non-hydrogen) atoms. The number of rotatable bonds is 4. The first-order valence-electron chi connectivity index (χ1n) is 9.95. The summed E-state index contributed by atoms with van der Waals surface area (Å²) in [6.45, 7) is 0.549. The molecule has 2 fully saturated rings. The first kappa shape index (κ1) is 20.6. The number of ether oxygens (including phenoxy) is 2. The lowest BCUT2D eigenvalue weighted by molar-refractivity contribution is -0.137. The van der Waals surface area contributed by atoms with E-state index in [9.17, 15) is 18.0 Å². The highest BCUT2D eigenvalue weighted by Gasteiger charge is 2.49. The summed E-state index contributed by atoms with van der Waals surface area (Å²) in [6, 6.07) is 8.92. The van der Waals surface area contributed by atoms with E-state index in [-0.39, 0.29) is 24.3 Å². The first-order valence-corrected chi connectivity index (χ1v) is 9.95. The third-order valence-electron chi connectivity index (χ3n) is 5.60. The first-order chi connectivity index (χ1) is 15.4. The fraction of sp³-hybridized carbons (Fsp3) is 0.333. The molecule has 1 aromatic carbocycles. The van der Waals surface area contributed by atoms with Crippen molar-refractivity contribution < 1.29 is 27.4 Å². The number of aromatic nitrogens is 4. The van der Waals surface area contributed by atoms with Gasteiger partial charge in [-0.2, -0.15) is 13.2 Å². The summed E-state index contributed by atoms with van der Waals surface area (Å²) >= 11 is 0. The monoisotopic (exact) mass is 445 g/mol. The SMILES string of the molecule is O=C(NC1COC2C1OCC2n1cc(-c2ccccn2)nn1)c1ccc(C(F)(F)F)cc1. The number of halogens is 3. The Morgan fingerprint density at radius 2 is 1.81 bits per heavy atom. The van der Waals surface area contributed by atoms with E-state index in [1.165, 1.54) is 0 Å². The highest BCUT2D eigenvalue weighted by atomic mass is 19.4. The summed E-state index contributed by atoms with van der Waals surface area (Å²) < 4.78 is 51.6. The van der Waals surface area contributed by atoms with Gasteiger partial charge in [0.25, 0.3) is 5.91 Å². The molecular formula is C21H18F3N5O3. The topological polar surface area (TPSA) is 91.2 Å². The molecule has 4 unspecified atom stereocenters. The van der Waals surface area contributed by atoms with Gasteiger partial charge in [-0.3, -0.25) is 9.78 Å². The van der Waals surface area contributed by atoms with Crippen LogP contribution >= 0.6 is 0 Å². The van der Waals surface area contributed by atoms with E-state index in [0.29, 0.717) is 18.0 Å². The van der Waals surface area contributed by atoms with E-state index >= 15 is 0 Å². The van der Waals surface area contributed by atoms with Gasteiger partial charge in [-0.25, -0.2) is 4.68 Å². The molecule has 2 aliphatic heterocycles. The molecule has 4 atom stereocenters. The molecule has 8 nitrogen and oxygen atoms in total. The smallest absolute Gasteiger partial charge is 0.371 e. The fourth-order valence-corrected chi connectivity index (χ4v) is 3.96. The van der Waals surface area contributed by atoms with Crippen LogP contribution in [0.2, 0.25) is 0 Å². The van der Waals surface area contributed by atoms with E-state index in [1.54, 1.807) is 17.1 Å². The van der Waals surface area contributed by atoms with Gasteiger partial charge in [0.2, 0.25) is 0 Å². The van der Waals surface area contributed by atoms with Crippen molar-refractivity contribution in [3.8, 4) is 11.4 Å². The molecule has 2 aromatic heterocycles. The Morgan fingerprint density at radius 3 is 2.53 bits per heavy atom. The van der Waals surface area contributed by atoms with Crippen LogP contribution in [0.25, 0.3) is 11.4 Å². The van der Waals surface area contributed by atoms with Crippen molar-refractivity contribution in [3.63, 3.8) is 0 Å². The molecule has 0 spiro atoms. The van der Waals surface area contributed by atoms with Gasteiger partial charge in [0.1, 0.15) is 23.9 Å². The second-order valence-electron chi connectivity index (χ2n) is 7.62. The molecule has 1 amide bonds. The zero-order chi connectivity index (χ0) is 22.3. The van der Waals surface area contributed by atoms with Gasteiger partial charge in [-0.1, -0.05) is 11.3 Å². The van der Waals surface area contributed by atoms with E-state index in [4.69, 9.17) is 9.47 Å². The lowest BCUT2D eigenvalue weighted by Crippen LogP contribution is -2.44. The molecule has 11 heteroatoms. The van der Waals surface area contributed by atoms with Crippen molar-refractivity contribution in [3.05, 3.63) is 66.0 Å². The van der Waals surface area contributed by atoms with Crippen LogP contribution in [0.1, 0.15) is 22.0 Å². The maximum atomic E-state index is 12.7. The predicted octanol–water partition coefficient (Wildman–Crippen LogP) is 2.50. The molecule has 0 aliphatic carbocycles. The van der Waals surface area contributed by atoms with Crippen molar-refractivity contribution in [2.45, 2.75) is 30.5 Å². The second kappa shape index (κ2) is 7.99. The summed E-state index contributed by atoms with van der Waals surface area (Å²) in [5, 5.41) is 11.2. The summed E-state index contributed by atoms with van der Waals surface area (Å²) in [5.41, 5.74) is 0.646. The lowest BCUT2D eigenvalue weighted by atomic mass is 10.1. The van der Waals surface area contributed by atoms with Gasteiger partial charge < -0.3 is 14.8 Å². The number of hydrogen-bond acceptors (Lipinski definition) is 6. The zero-order valence-corrected chi connectivity index (χ0v) is 16.6. The molecule has 166 valence electrons. The summed E-state index contributed by atoms with van der Waals surface area (Å²) in [6.07, 6.45) is -1.75. The summed E-state index contributed by atoms with van der Waals surface area (Å²) in [4.78, 5) is 16.8. The van der Waals surface area contributed by atoms with Crippen LogP contribution in [0.5, 0.6) is 0 Å². The molecule has 1 N–H and O–H groups in total. The number of hydrogen-bond donors (Lipinski definition) is 1. The van der Waals surface area contributed by atoms with Gasteiger partial charge in [-0.15, -0.1) is 5.10 Å². The Hall–Kier alpha value is -3.31. The zero-order valence-electron chi connectivity index (χ0n) is 16.6. The van der Waals surface area contributed by atoms with Crippen LogP contribution < -0.4 is 5.32 Å². The number of carbonyl (C=O) groups excluding carboxylic acids is 1. The van der Waals surface area contributed by atoms with Crippen molar-refractivity contribution in [1.29, 1.82) is 0 Å². The molecule has 0 radical (unpaired) electrons. The highest BCUT2D eigenvalue weighted by molar-refractivity contribution is 5.94. The van der Waals surface area contributed by atoms with Crippen molar-refractivity contribution in [2.75, 3.05) is 13.2 Å². The van der Waals surface area contributed by atoms with Crippen molar-refractivity contribution in [2.24, 2.45) is 0 Å². The third kappa shape index (κ3) is 3.84. The van der Waals surface area contributed by atoms with Gasteiger partial charge in [0, 0.05) is 11.8 Å². The van der Waals surface area contributed by atoms with Crippen LogP contribution in [0.4, 0.5) is 13.2 Å². The average molecular weight is 445 g/mol. The predicted molar refractivity (Wildman–Crippen MR) is 104 cm³/mol. The minimum absolute atomic E-state index is 0.132. The summed E-state index contributed by atoms with van der Waals surface area (Å²) in [7, 11) is 0. The van der Waals surface area contributed by atoms with Crippen molar-refractivity contribution in [1.82, 2.24) is 25.3 Å². The van der Waals surface area contributed by atoms with Crippen LogP contribution in [-0.2, 0) is 15.7 Å². The molecular weight excluding hydrogens is 427 g/mol. The second-order valence-corrected chi connectivity index (χ2v) is 7.62. The minimum atomic E-state index is -4.45. The van der Waals surface area contributed by atoms with Gasteiger partial charge in [0.15, 0.2) is 0 Å². The van der Waals surface area contributed by atoms with Crippen LogP contribution in [0.15, 0.2) is 54.9 Å². The Morgan fingerprint density at radius 1 is 1.03 bits per heavy atom. The van der Waals surface area contributed by atoms with E-state index < -0.39 is 29.8 Å². The normalized spacial score (nSPS) is 25.0. The molecule has 2 aliphatic rings. The van der Waals surface area contributed by atoms with Crippen LogP contribution in [-0.4, -0.2) is 57.3 Å². The maximum absolute atomic E-state index is 12.7. The standard InChI is InChI=1S/C21H18F3N5O3/c22-21(23,24)13-6-4-12(5-7-13)20(30)26-16-10-31-19-17(11-32-18(16)19)29-9-15(27-28-29)14-3-1-2-8-25-14/h1-9,16-19H,10-11H2,(H,26,30). The molecule has 5 rings (SSSR count). The number of pyridine rings is 1. The molecule has 3 aromatic rings. The van der Waals surface area contributed by atoms with E-state index in [0.717, 1.165) is 24.3 Å². The Balaban J connectivity index is 1.25. The van der Waals surface area contributed by atoms with Crippen molar-refractivity contribution >= 4 is 5.91 Å². The number of alkyl halides is 3. The maximum Gasteiger partial charge on any atom is 0.416 e. The van der Waals surface area contributed by atoms with Crippen LogP contribution in [0.3, 0.4) is 0 Å². The van der Waals surface area contributed by atoms with E-state index in [2.05, 4.69) is 20.6 Å². The number of nitrogens with zero attached hydrogens (tertiary/aromatic N) is 4. The molecule has 0 bridgehead atoms. The Bertz CT molecular complexity index is 1100. The molecule has 4 heterocycles. The average Bonchev–Trinajstić information content (AvgIpc) is 3.51. The quantitative estimate of drug-likeness (QED) is 0.664. The number of amides is 1. The number of nitrogens with one attached hydrogen (secondary N) is 1. The minimum Gasteiger partial charge on any atom is -0.371 e. The third-order valence-corrected chi connectivity index (χ3v) is 5.60. The Labute approximate surface area is 180 Å². The van der Waals surface area contributed by atoms with Gasteiger partial charge >= 0.3 is 6.18 Å². The lowest BCUT2D eigenvalue weighted by Gasteiger charge is -2.18. The highest BCUT2D eigenvalue weighted by Crippen LogP contribution is 2.34. The van der Waals surface area contributed by atoms with Gasteiger partial charge in [0.05, 0.1) is 36.7 Å². The number of fused-ring (bicyclic) bond motifs is 1. The van der Waals surface area contributed by atoms with Crippen LogP contribution in [0, 0.1) is 0 Å². The number of carbonyl (C=O) groups is 1. The molecule has 2 saturated heterocycles. The van der Waals surface area contributed by atoms with E-state index in [1.807, 2.05) is 18.2 Å². The largest absolute Gasteiger partial charge is 0.416 e. The molecule has 0 saturated carbocycles.